The van der Waals surface area contributed by atoms with Gasteiger partial charge >= 0.3 is 0 Å². The number of carbonyl (C=O) groups excluding carboxylic acids is 1. The molecule has 0 aromatic rings. The molecular weight excluding hydrogens is 338 g/mol. The fourth-order valence-corrected chi connectivity index (χ4v) is 8.96. The molecule has 1 N–H and O–H groups in total. The van der Waals surface area contributed by atoms with E-state index in [9.17, 15) is 18.3 Å². The standard InChI is InChI=1S/C19H29NO4S/c1-12-8-13(10-21)4-5-15(12)17(22)20-16-9-14-6-7-19(16,18(14,2)3)11-25(20,23)24/h4,12,14-16,21H,5-11H2,1-3H3/t12-,14?,15-,16?,19?/m0/s1. The first-order chi connectivity index (χ1) is 11.6. The van der Waals surface area contributed by atoms with Crippen molar-refractivity contribution in [3.63, 3.8) is 0 Å². The topological polar surface area (TPSA) is 74.7 Å². The fourth-order valence-electron chi connectivity index (χ4n) is 6.38. The zero-order valence-electron chi connectivity index (χ0n) is 15.4. The fraction of sp³-hybridized carbons (Fsp3) is 0.842. The minimum atomic E-state index is -3.54. The van der Waals surface area contributed by atoms with Gasteiger partial charge in [-0.05, 0) is 54.9 Å². The number of aliphatic hydroxyl groups excluding tert-OH is 1. The SMILES string of the molecule is C[C@H]1CC(CO)=CC[C@@H]1C(=O)N1C2CC3CCC2(CS1(=O)=O)C3(C)C. The summed E-state index contributed by atoms with van der Waals surface area (Å²) in [5.41, 5.74) is 0.691. The van der Waals surface area contributed by atoms with Crippen molar-refractivity contribution in [2.45, 2.75) is 58.9 Å². The van der Waals surface area contributed by atoms with Crippen LogP contribution in [0.1, 0.15) is 52.9 Å². The van der Waals surface area contributed by atoms with Crippen molar-refractivity contribution in [2.75, 3.05) is 12.4 Å². The summed E-state index contributed by atoms with van der Waals surface area (Å²) in [4.78, 5) is 13.3. The van der Waals surface area contributed by atoms with Gasteiger partial charge < -0.3 is 5.11 Å². The summed E-state index contributed by atoms with van der Waals surface area (Å²) >= 11 is 0. The normalized spacial score (nSPS) is 43.8. The van der Waals surface area contributed by atoms with Crippen LogP contribution in [0.25, 0.3) is 0 Å². The second-order valence-electron chi connectivity index (χ2n) is 9.30. The molecule has 25 heavy (non-hydrogen) atoms. The largest absolute Gasteiger partial charge is 0.392 e. The first kappa shape index (κ1) is 17.5. The van der Waals surface area contributed by atoms with Crippen LogP contribution >= 0.6 is 0 Å². The van der Waals surface area contributed by atoms with Crippen molar-refractivity contribution in [3.05, 3.63) is 11.6 Å². The Morgan fingerprint density at radius 2 is 2.12 bits per heavy atom. The van der Waals surface area contributed by atoms with Gasteiger partial charge in [0.05, 0.1) is 18.4 Å². The van der Waals surface area contributed by atoms with Crippen LogP contribution in [0, 0.1) is 28.6 Å². The van der Waals surface area contributed by atoms with E-state index in [0.29, 0.717) is 18.8 Å². The summed E-state index contributed by atoms with van der Waals surface area (Å²) in [6, 6.07) is -0.144. The van der Waals surface area contributed by atoms with E-state index in [1.165, 1.54) is 4.31 Å². The number of aliphatic hydroxyl groups is 1. The van der Waals surface area contributed by atoms with E-state index in [1.54, 1.807) is 0 Å². The van der Waals surface area contributed by atoms with Crippen LogP contribution in [0.15, 0.2) is 11.6 Å². The van der Waals surface area contributed by atoms with Gasteiger partial charge in [0.2, 0.25) is 15.9 Å². The molecule has 1 spiro atoms. The maximum atomic E-state index is 13.3. The average Bonchev–Trinajstić information content (AvgIpc) is 3.01. The molecule has 3 fully saturated rings. The number of hydrogen-bond donors (Lipinski definition) is 1. The lowest BCUT2D eigenvalue weighted by atomic mass is 9.69. The summed E-state index contributed by atoms with van der Waals surface area (Å²) in [5.74, 6) is 0.234. The highest BCUT2D eigenvalue weighted by atomic mass is 32.2. The maximum Gasteiger partial charge on any atom is 0.240 e. The Labute approximate surface area is 150 Å². The highest BCUT2D eigenvalue weighted by Gasteiger charge is 2.72. The molecule has 1 amide bonds. The minimum absolute atomic E-state index is 0.0120. The second kappa shape index (κ2) is 5.32. The van der Waals surface area contributed by atoms with Crippen LogP contribution in [-0.4, -0.2) is 42.1 Å². The van der Waals surface area contributed by atoms with Gasteiger partial charge in [-0.2, -0.15) is 0 Å². The van der Waals surface area contributed by atoms with Gasteiger partial charge in [0, 0.05) is 11.3 Å². The lowest BCUT2D eigenvalue weighted by Gasteiger charge is -2.38. The van der Waals surface area contributed by atoms with Gasteiger partial charge in [0.25, 0.3) is 0 Å². The van der Waals surface area contributed by atoms with E-state index in [1.807, 2.05) is 13.0 Å². The number of allylic oxidation sites excluding steroid dienone is 1. The Kier molecular flexibility index (Phi) is 3.73. The predicted molar refractivity (Wildman–Crippen MR) is 95.0 cm³/mol. The van der Waals surface area contributed by atoms with Crippen molar-refractivity contribution in [3.8, 4) is 0 Å². The number of carbonyl (C=O) groups is 1. The first-order valence-electron chi connectivity index (χ1n) is 9.49. The summed E-state index contributed by atoms with van der Waals surface area (Å²) in [5, 5.41) is 9.32. The lowest BCUT2D eigenvalue weighted by molar-refractivity contribution is -0.135. The predicted octanol–water partition coefficient (Wildman–Crippen LogP) is 2.32. The molecule has 0 aromatic carbocycles. The molecule has 2 bridgehead atoms. The minimum Gasteiger partial charge on any atom is -0.392 e. The quantitative estimate of drug-likeness (QED) is 0.760. The van der Waals surface area contributed by atoms with E-state index in [-0.39, 0.29) is 47.0 Å². The molecule has 6 heteroatoms. The Hall–Kier alpha value is -0.880. The molecule has 1 saturated heterocycles. The van der Waals surface area contributed by atoms with E-state index in [2.05, 4.69) is 13.8 Å². The highest BCUT2D eigenvalue weighted by molar-refractivity contribution is 7.90. The number of fused-ring (bicyclic) bond motifs is 1. The van der Waals surface area contributed by atoms with Gasteiger partial charge in [0.1, 0.15) is 0 Å². The van der Waals surface area contributed by atoms with Crippen molar-refractivity contribution >= 4 is 15.9 Å². The maximum absolute atomic E-state index is 13.3. The van der Waals surface area contributed by atoms with E-state index in [4.69, 9.17) is 0 Å². The van der Waals surface area contributed by atoms with E-state index >= 15 is 0 Å². The summed E-state index contributed by atoms with van der Waals surface area (Å²) in [6.45, 7) is 6.42. The molecule has 2 saturated carbocycles. The smallest absolute Gasteiger partial charge is 0.240 e. The Morgan fingerprint density at radius 3 is 2.72 bits per heavy atom. The van der Waals surface area contributed by atoms with Gasteiger partial charge in [-0.15, -0.1) is 0 Å². The Bertz CT molecular complexity index is 741. The molecule has 4 aliphatic rings. The third-order valence-corrected chi connectivity index (χ3v) is 9.99. The van der Waals surface area contributed by atoms with E-state index < -0.39 is 10.0 Å². The van der Waals surface area contributed by atoms with Gasteiger partial charge in [0.15, 0.2) is 0 Å². The van der Waals surface area contributed by atoms with Crippen LogP contribution < -0.4 is 0 Å². The van der Waals surface area contributed by atoms with Crippen molar-refractivity contribution in [1.82, 2.24) is 4.31 Å². The third-order valence-electron chi connectivity index (χ3n) is 8.08. The Balaban J connectivity index is 1.67. The van der Waals surface area contributed by atoms with Crippen LogP contribution in [-0.2, 0) is 14.8 Å². The molecule has 1 aliphatic heterocycles. The highest BCUT2D eigenvalue weighted by Crippen LogP contribution is 2.70. The zero-order chi connectivity index (χ0) is 18.2. The molecule has 5 nitrogen and oxygen atoms in total. The second-order valence-corrected chi connectivity index (χ2v) is 11.1. The van der Waals surface area contributed by atoms with Crippen LogP contribution in [0.3, 0.4) is 0 Å². The van der Waals surface area contributed by atoms with Gasteiger partial charge in [-0.25, -0.2) is 12.7 Å². The molecule has 1 heterocycles. The van der Waals surface area contributed by atoms with Crippen LogP contribution in [0.4, 0.5) is 0 Å². The molecule has 3 aliphatic carbocycles. The number of nitrogens with zero attached hydrogens (tertiary/aromatic N) is 1. The van der Waals surface area contributed by atoms with Crippen molar-refractivity contribution in [2.24, 2.45) is 28.6 Å². The van der Waals surface area contributed by atoms with Gasteiger partial charge in [-0.3, -0.25) is 4.79 Å². The van der Waals surface area contributed by atoms with Crippen molar-refractivity contribution in [1.29, 1.82) is 0 Å². The summed E-state index contributed by atoms with van der Waals surface area (Å²) in [6.07, 6.45) is 5.97. The summed E-state index contributed by atoms with van der Waals surface area (Å²) < 4.78 is 27.3. The number of sulfonamides is 1. The number of hydrogen-bond acceptors (Lipinski definition) is 4. The zero-order valence-corrected chi connectivity index (χ0v) is 16.2. The number of rotatable bonds is 2. The molecule has 5 atom stereocenters. The molecule has 0 radical (unpaired) electrons. The average molecular weight is 368 g/mol. The lowest BCUT2D eigenvalue weighted by Crippen LogP contribution is -2.47. The molecular formula is C19H29NO4S. The molecule has 3 unspecified atom stereocenters. The van der Waals surface area contributed by atoms with Crippen LogP contribution in [0.5, 0.6) is 0 Å². The third kappa shape index (κ3) is 2.16. The van der Waals surface area contributed by atoms with E-state index in [0.717, 1.165) is 24.8 Å². The van der Waals surface area contributed by atoms with Crippen molar-refractivity contribution < 1.29 is 18.3 Å². The first-order valence-corrected chi connectivity index (χ1v) is 11.1. The molecule has 140 valence electrons. The van der Waals surface area contributed by atoms with Gasteiger partial charge in [-0.1, -0.05) is 26.8 Å². The molecule has 0 aromatic heterocycles. The molecule has 4 rings (SSSR count). The monoisotopic (exact) mass is 367 g/mol. The summed E-state index contributed by atoms with van der Waals surface area (Å²) in [7, 11) is -3.54. The van der Waals surface area contributed by atoms with Crippen LogP contribution in [0.2, 0.25) is 0 Å². The number of amides is 1. The Morgan fingerprint density at radius 1 is 1.40 bits per heavy atom.